The molecule has 1 aliphatic rings. The number of thiol groups is 1. The number of hydrogen-bond acceptors (Lipinski definition) is 2. The first-order chi connectivity index (χ1) is 6.49. The highest BCUT2D eigenvalue weighted by Crippen LogP contribution is 2.32. The molecule has 82 valence electrons. The number of piperidine rings is 1. The second kappa shape index (κ2) is 4.75. The van der Waals surface area contributed by atoms with Crippen LogP contribution in [0.1, 0.15) is 27.2 Å². The van der Waals surface area contributed by atoms with Crippen LogP contribution < -0.4 is 0 Å². The van der Waals surface area contributed by atoms with E-state index in [0.29, 0.717) is 17.0 Å². The van der Waals surface area contributed by atoms with E-state index >= 15 is 0 Å². The van der Waals surface area contributed by atoms with Crippen LogP contribution in [0.15, 0.2) is 0 Å². The molecule has 1 saturated heterocycles. The molecular formula is C10H18ClNOS. The molecule has 1 aliphatic heterocycles. The Labute approximate surface area is 96.4 Å². The zero-order valence-electron chi connectivity index (χ0n) is 8.90. The van der Waals surface area contributed by atoms with Gasteiger partial charge in [0.15, 0.2) is 0 Å². The third-order valence-electron chi connectivity index (χ3n) is 3.15. The van der Waals surface area contributed by atoms with Crippen LogP contribution in [-0.4, -0.2) is 34.0 Å². The van der Waals surface area contributed by atoms with E-state index in [2.05, 4.69) is 26.5 Å². The van der Waals surface area contributed by atoms with Gasteiger partial charge < -0.3 is 4.90 Å². The molecule has 4 unspecified atom stereocenters. The third-order valence-corrected chi connectivity index (χ3v) is 4.10. The van der Waals surface area contributed by atoms with Gasteiger partial charge in [-0.15, -0.1) is 11.6 Å². The molecule has 0 aliphatic carbocycles. The Morgan fingerprint density at radius 1 is 1.57 bits per heavy atom. The summed E-state index contributed by atoms with van der Waals surface area (Å²) < 4.78 is 0. The Hall–Kier alpha value is 0.110. The third kappa shape index (κ3) is 2.19. The lowest BCUT2D eigenvalue weighted by Gasteiger charge is -2.45. The number of hydrogen-bond donors (Lipinski definition) is 1. The van der Waals surface area contributed by atoms with Crippen molar-refractivity contribution >= 4 is 30.1 Å². The Bertz CT molecular complexity index is 224. The van der Waals surface area contributed by atoms with E-state index in [1.165, 1.54) is 0 Å². The normalized spacial score (nSPS) is 38.5. The number of rotatable bonds is 1. The van der Waals surface area contributed by atoms with Crippen molar-refractivity contribution in [2.45, 2.75) is 44.5 Å². The van der Waals surface area contributed by atoms with E-state index in [-0.39, 0.29) is 18.0 Å². The summed E-state index contributed by atoms with van der Waals surface area (Å²) in [5.41, 5.74) is 0. The predicted molar refractivity (Wildman–Crippen MR) is 63.0 cm³/mol. The molecule has 1 amide bonds. The van der Waals surface area contributed by atoms with Crippen molar-refractivity contribution in [3.05, 3.63) is 0 Å². The lowest BCUT2D eigenvalue weighted by atomic mass is 9.87. The predicted octanol–water partition coefficient (Wildman–Crippen LogP) is 2.17. The maximum atomic E-state index is 11.4. The van der Waals surface area contributed by atoms with E-state index in [0.717, 1.165) is 6.42 Å². The minimum absolute atomic E-state index is 0.139. The molecule has 0 spiro atoms. The molecule has 0 N–H and O–H groups in total. The van der Waals surface area contributed by atoms with Crippen molar-refractivity contribution in [2.75, 3.05) is 5.88 Å². The van der Waals surface area contributed by atoms with Gasteiger partial charge in [0.05, 0.1) is 0 Å². The van der Waals surface area contributed by atoms with Gasteiger partial charge in [-0.2, -0.15) is 12.6 Å². The second-order valence-corrected chi connectivity index (χ2v) is 5.11. The molecule has 4 heteroatoms. The molecule has 0 bridgehead atoms. The van der Waals surface area contributed by atoms with Crippen molar-refractivity contribution in [3.8, 4) is 0 Å². The highest BCUT2D eigenvalue weighted by atomic mass is 35.5. The number of alkyl halides is 1. The fraction of sp³-hybridized carbons (Fsp3) is 0.900. The van der Waals surface area contributed by atoms with Crippen LogP contribution >= 0.6 is 24.2 Å². The van der Waals surface area contributed by atoms with Gasteiger partial charge in [0, 0.05) is 36.1 Å². The first-order valence-electron chi connectivity index (χ1n) is 5.02. The minimum Gasteiger partial charge on any atom is -0.337 e. The van der Waals surface area contributed by atoms with Gasteiger partial charge in [-0.05, 0) is 20.3 Å². The zero-order chi connectivity index (χ0) is 10.9. The molecule has 0 aromatic rings. The smallest absolute Gasteiger partial charge is 0.219 e. The summed E-state index contributed by atoms with van der Waals surface area (Å²) in [5.74, 6) is 1.02. The van der Waals surface area contributed by atoms with Gasteiger partial charge in [0.2, 0.25) is 5.91 Å². The quantitative estimate of drug-likeness (QED) is 0.546. The minimum atomic E-state index is 0.139. The van der Waals surface area contributed by atoms with Crippen molar-refractivity contribution < 1.29 is 4.79 Å². The average Bonchev–Trinajstić information content (AvgIpc) is 2.02. The summed E-state index contributed by atoms with van der Waals surface area (Å²) >= 11 is 10.4. The average molecular weight is 236 g/mol. The molecule has 1 fully saturated rings. The van der Waals surface area contributed by atoms with E-state index in [4.69, 9.17) is 11.6 Å². The molecule has 4 atom stereocenters. The highest BCUT2D eigenvalue weighted by molar-refractivity contribution is 7.81. The van der Waals surface area contributed by atoms with Crippen LogP contribution in [0.5, 0.6) is 0 Å². The number of carbonyl (C=O) groups excluding carboxylic acids is 1. The van der Waals surface area contributed by atoms with Crippen LogP contribution in [0.25, 0.3) is 0 Å². The van der Waals surface area contributed by atoms with Crippen LogP contribution in [0.4, 0.5) is 0 Å². The SMILES string of the molecule is CC(=O)N1C(C)CC(S)C(CCl)C1C. The van der Waals surface area contributed by atoms with E-state index in [1.807, 2.05) is 4.90 Å². The topological polar surface area (TPSA) is 20.3 Å². The Balaban J connectivity index is 2.82. The molecule has 1 rings (SSSR count). The van der Waals surface area contributed by atoms with E-state index in [1.54, 1.807) is 6.92 Å². The van der Waals surface area contributed by atoms with Gasteiger partial charge in [-0.3, -0.25) is 4.79 Å². The standard InChI is InChI=1S/C10H18ClNOS/c1-6-4-10(14)9(5-11)7(2)12(6)8(3)13/h6-7,9-10,14H,4-5H2,1-3H3. The fourth-order valence-corrected chi connectivity index (χ4v) is 3.65. The number of nitrogens with zero attached hydrogens (tertiary/aromatic N) is 1. The first-order valence-corrected chi connectivity index (χ1v) is 6.07. The number of likely N-dealkylation sites (tertiary alicyclic amines) is 1. The first kappa shape index (κ1) is 12.2. The maximum absolute atomic E-state index is 11.4. The Morgan fingerprint density at radius 2 is 2.14 bits per heavy atom. The molecule has 0 saturated carbocycles. The molecule has 0 radical (unpaired) electrons. The molecule has 14 heavy (non-hydrogen) atoms. The van der Waals surface area contributed by atoms with Gasteiger partial charge in [-0.1, -0.05) is 0 Å². The summed E-state index contributed by atoms with van der Waals surface area (Å²) in [7, 11) is 0. The fourth-order valence-electron chi connectivity index (χ4n) is 2.40. The Morgan fingerprint density at radius 3 is 2.57 bits per heavy atom. The largest absolute Gasteiger partial charge is 0.337 e. The van der Waals surface area contributed by atoms with Gasteiger partial charge >= 0.3 is 0 Å². The van der Waals surface area contributed by atoms with E-state index in [9.17, 15) is 4.79 Å². The lowest BCUT2D eigenvalue weighted by molar-refractivity contribution is -0.136. The molecule has 0 aromatic heterocycles. The zero-order valence-corrected chi connectivity index (χ0v) is 10.6. The van der Waals surface area contributed by atoms with Gasteiger partial charge in [0.1, 0.15) is 0 Å². The molecular weight excluding hydrogens is 218 g/mol. The lowest BCUT2D eigenvalue weighted by Crippen LogP contribution is -2.55. The summed E-state index contributed by atoms with van der Waals surface area (Å²) in [6, 6.07) is 0.487. The number of amides is 1. The van der Waals surface area contributed by atoms with Crippen molar-refractivity contribution in [3.63, 3.8) is 0 Å². The summed E-state index contributed by atoms with van der Waals surface area (Å²) in [4.78, 5) is 13.4. The molecule has 1 heterocycles. The monoisotopic (exact) mass is 235 g/mol. The summed E-state index contributed by atoms with van der Waals surface area (Å²) in [6.07, 6.45) is 0.935. The number of halogens is 1. The molecule has 2 nitrogen and oxygen atoms in total. The molecule has 0 aromatic carbocycles. The van der Waals surface area contributed by atoms with Gasteiger partial charge in [-0.25, -0.2) is 0 Å². The van der Waals surface area contributed by atoms with Gasteiger partial charge in [0.25, 0.3) is 0 Å². The van der Waals surface area contributed by atoms with Crippen LogP contribution in [0.3, 0.4) is 0 Å². The van der Waals surface area contributed by atoms with Crippen molar-refractivity contribution in [1.82, 2.24) is 4.90 Å². The van der Waals surface area contributed by atoms with Crippen LogP contribution in [0, 0.1) is 5.92 Å². The van der Waals surface area contributed by atoms with Crippen LogP contribution in [-0.2, 0) is 4.79 Å². The van der Waals surface area contributed by atoms with Crippen molar-refractivity contribution in [2.24, 2.45) is 5.92 Å². The summed E-state index contributed by atoms with van der Waals surface area (Å²) in [5, 5.41) is 0.313. The van der Waals surface area contributed by atoms with Crippen molar-refractivity contribution in [1.29, 1.82) is 0 Å². The number of carbonyl (C=O) groups is 1. The summed E-state index contributed by atoms with van der Waals surface area (Å²) in [6.45, 7) is 5.76. The second-order valence-electron chi connectivity index (χ2n) is 4.14. The van der Waals surface area contributed by atoms with E-state index < -0.39 is 0 Å². The Kier molecular flexibility index (Phi) is 4.14. The highest BCUT2D eigenvalue weighted by Gasteiger charge is 2.38. The van der Waals surface area contributed by atoms with Crippen LogP contribution in [0.2, 0.25) is 0 Å². The maximum Gasteiger partial charge on any atom is 0.219 e.